The predicted octanol–water partition coefficient (Wildman–Crippen LogP) is 5.71. The molecule has 2 atom stereocenters. The number of allylic oxidation sites excluding steroid dienone is 2. The van der Waals surface area contributed by atoms with Gasteiger partial charge in [-0.05, 0) is 87.0 Å². The third-order valence-corrected chi connectivity index (χ3v) is 8.33. The van der Waals surface area contributed by atoms with E-state index in [0.29, 0.717) is 16.7 Å². The highest BCUT2D eigenvalue weighted by molar-refractivity contribution is 6.42. The van der Waals surface area contributed by atoms with Crippen LogP contribution in [0.15, 0.2) is 60.3 Å². The summed E-state index contributed by atoms with van der Waals surface area (Å²) in [6.07, 6.45) is 8.47. The van der Waals surface area contributed by atoms with Gasteiger partial charge in [0.25, 0.3) is 0 Å². The Labute approximate surface area is 224 Å². The number of benzene rings is 2. The molecule has 36 heavy (non-hydrogen) atoms. The van der Waals surface area contributed by atoms with Crippen LogP contribution in [-0.2, 0) is 5.60 Å². The lowest BCUT2D eigenvalue weighted by Gasteiger charge is -2.36. The number of aliphatic hydroxyl groups is 1. The van der Waals surface area contributed by atoms with Gasteiger partial charge in [-0.15, -0.1) is 0 Å². The molecule has 1 fully saturated rings. The summed E-state index contributed by atoms with van der Waals surface area (Å²) in [5.41, 5.74) is 3.72. The molecule has 2 N–H and O–H groups in total. The second-order valence-electron chi connectivity index (χ2n) is 10.5. The normalized spacial score (nSPS) is 22.1. The van der Waals surface area contributed by atoms with Crippen LogP contribution in [0.2, 0.25) is 10.0 Å². The molecule has 3 aliphatic heterocycles. The van der Waals surface area contributed by atoms with Crippen molar-refractivity contribution in [1.29, 1.82) is 0 Å². The number of hydrogen-bond acceptors (Lipinski definition) is 5. The Morgan fingerprint density at radius 2 is 1.86 bits per heavy atom. The van der Waals surface area contributed by atoms with Crippen molar-refractivity contribution < 1.29 is 9.84 Å². The van der Waals surface area contributed by atoms with E-state index in [1.165, 1.54) is 11.1 Å². The molecule has 5 nitrogen and oxygen atoms in total. The minimum absolute atomic E-state index is 0.174. The van der Waals surface area contributed by atoms with Crippen LogP contribution in [0.1, 0.15) is 43.7 Å². The van der Waals surface area contributed by atoms with Crippen molar-refractivity contribution >= 4 is 28.9 Å². The molecular formula is C29H35Cl2N3O2. The van der Waals surface area contributed by atoms with Gasteiger partial charge in [0.15, 0.2) is 0 Å². The van der Waals surface area contributed by atoms with Crippen molar-refractivity contribution in [2.45, 2.75) is 44.2 Å². The highest BCUT2D eigenvalue weighted by Gasteiger charge is 2.32. The van der Waals surface area contributed by atoms with Gasteiger partial charge in [0.2, 0.25) is 0 Å². The summed E-state index contributed by atoms with van der Waals surface area (Å²) < 4.78 is 6.23. The molecule has 1 saturated heterocycles. The standard InChI is InChI=1S/C29H35Cl2N3O2/c1-29(2,35)20-7-10-28-24(17-20)22(23-5-3-11-32-27(23)19-36-28)6-4-12-33-13-15-34(16-14-33)21-8-9-25(30)26(31)18-21/h3,5,7-11,17-18,22,27,32,35H,4,6,12-16,19H2,1-2H3. The Bertz CT molecular complexity index is 1150. The molecular weight excluding hydrogens is 493 g/mol. The minimum atomic E-state index is -0.891. The molecule has 2 aromatic rings. The maximum Gasteiger partial charge on any atom is 0.123 e. The van der Waals surface area contributed by atoms with Gasteiger partial charge < -0.3 is 20.1 Å². The summed E-state index contributed by atoms with van der Waals surface area (Å²) >= 11 is 12.3. The van der Waals surface area contributed by atoms with Gasteiger partial charge in [-0.25, -0.2) is 0 Å². The molecule has 5 rings (SSSR count). The number of rotatable bonds is 6. The summed E-state index contributed by atoms with van der Waals surface area (Å²) in [5, 5.41) is 15.3. The number of nitrogens with zero attached hydrogens (tertiary/aromatic N) is 2. The average molecular weight is 529 g/mol. The second kappa shape index (κ2) is 10.7. The fourth-order valence-electron chi connectivity index (χ4n) is 5.48. The third kappa shape index (κ3) is 5.55. The van der Waals surface area contributed by atoms with Gasteiger partial charge in [0.05, 0.1) is 21.7 Å². The lowest BCUT2D eigenvalue weighted by Crippen LogP contribution is -2.46. The topological polar surface area (TPSA) is 48.0 Å². The first-order valence-corrected chi connectivity index (χ1v) is 13.6. The molecule has 3 heterocycles. The first-order valence-electron chi connectivity index (χ1n) is 12.8. The maximum absolute atomic E-state index is 10.7. The first-order chi connectivity index (χ1) is 17.3. The number of dihydropyridines is 1. The van der Waals surface area contributed by atoms with Crippen molar-refractivity contribution in [2.24, 2.45) is 0 Å². The van der Waals surface area contributed by atoms with E-state index < -0.39 is 5.60 Å². The highest BCUT2D eigenvalue weighted by Crippen LogP contribution is 2.42. The molecule has 0 aliphatic carbocycles. The minimum Gasteiger partial charge on any atom is -0.491 e. The van der Waals surface area contributed by atoms with Crippen LogP contribution in [0.3, 0.4) is 0 Å². The predicted molar refractivity (Wildman–Crippen MR) is 148 cm³/mol. The molecule has 0 saturated carbocycles. The summed E-state index contributed by atoms with van der Waals surface area (Å²) in [5.74, 6) is 1.19. The zero-order valence-electron chi connectivity index (χ0n) is 21.0. The van der Waals surface area contributed by atoms with Gasteiger partial charge >= 0.3 is 0 Å². The fourth-order valence-corrected chi connectivity index (χ4v) is 5.78. The molecule has 192 valence electrons. The van der Waals surface area contributed by atoms with E-state index in [9.17, 15) is 5.11 Å². The van der Waals surface area contributed by atoms with Crippen molar-refractivity contribution in [2.75, 3.05) is 44.2 Å². The Morgan fingerprint density at radius 3 is 2.61 bits per heavy atom. The van der Waals surface area contributed by atoms with Gasteiger partial charge in [-0.2, -0.15) is 0 Å². The SMILES string of the molecule is CC(C)(O)c1ccc2c(c1)C(CCCN1CCN(c3ccc(Cl)c(Cl)c3)CC1)C1=CC=CNC1CO2. The van der Waals surface area contributed by atoms with Crippen LogP contribution in [-0.4, -0.2) is 55.4 Å². The summed E-state index contributed by atoms with van der Waals surface area (Å²) in [6.45, 7) is 9.38. The van der Waals surface area contributed by atoms with E-state index in [0.717, 1.165) is 62.6 Å². The monoisotopic (exact) mass is 527 g/mol. The third-order valence-electron chi connectivity index (χ3n) is 7.59. The number of nitrogens with one attached hydrogen (secondary N) is 1. The summed E-state index contributed by atoms with van der Waals surface area (Å²) in [4.78, 5) is 4.94. The van der Waals surface area contributed by atoms with Crippen LogP contribution in [0.25, 0.3) is 0 Å². The van der Waals surface area contributed by atoms with E-state index in [1.807, 2.05) is 50.4 Å². The molecule has 2 unspecified atom stereocenters. The van der Waals surface area contributed by atoms with Crippen molar-refractivity contribution in [1.82, 2.24) is 10.2 Å². The van der Waals surface area contributed by atoms with E-state index >= 15 is 0 Å². The van der Waals surface area contributed by atoms with Gasteiger partial charge in [0.1, 0.15) is 12.4 Å². The van der Waals surface area contributed by atoms with Gasteiger partial charge in [-0.1, -0.05) is 35.3 Å². The maximum atomic E-state index is 10.7. The van der Waals surface area contributed by atoms with Crippen molar-refractivity contribution in [3.8, 4) is 5.75 Å². The number of halogens is 2. The van der Waals surface area contributed by atoms with Gasteiger partial charge in [0, 0.05) is 43.3 Å². The van der Waals surface area contributed by atoms with Crippen molar-refractivity contribution in [3.05, 3.63) is 81.5 Å². The number of hydrogen-bond donors (Lipinski definition) is 2. The van der Waals surface area contributed by atoms with Crippen LogP contribution in [0, 0.1) is 0 Å². The van der Waals surface area contributed by atoms with E-state index in [-0.39, 0.29) is 12.0 Å². The highest BCUT2D eigenvalue weighted by atomic mass is 35.5. The molecule has 0 spiro atoms. The number of ether oxygens (including phenoxy) is 1. The Morgan fingerprint density at radius 1 is 1.06 bits per heavy atom. The van der Waals surface area contributed by atoms with E-state index in [1.54, 1.807) is 0 Å². The zero-order chi connectivity index (χ0) is 25.3. The lowest BCUT2D eigenvalue weighted by molar-refractivity contribution is 0.0784. The first kappa shape index (κ1) is 25.5. The smallest absolute Gasteiger partial charge is 0.123 e. The van der Waals surface area contributed by atoms with E-state index in [2.05, 4.69) is 33.3 Å². The van der Waals surface area contributed by atoms with Crippen LogP contribution in [0.5, 0.6) is 5.75 Å². The van der Waals surface area contributed by atoms with Crippen LogP contribution in [0.4, 0.5) is 5.69 Å². The largest absolute Gasteiger partial charge is 0.491 e. The number of piperazine rings is 1. The Balaban J connectivity index is 1.25. The van der Waals surface area contributed by atoms with Gasteiger partial charge in [-0.3, -0.25) is 4.90 Å². The lowest BCUT2D eigenvalue weighted by atomic mass is 9.81. The molecule has 0 radical (unpaired) electrons. The Kier molecular flexibility index (Phi) is 7.55. The molecule has 7 heteroatoms. The number of anilines is 1. The van der Waals surface area contributed by atoms with Crippen LogP contribution < -0.4 is 15.0 Å². The molecule has 3 aliphatic rings. The molecule has 0 bridgehead atoms. The fraction of sp³-hybridized carbons (Fsp3) is 0.448. The zero-order valence-corrected chi connectivity index (χ0v) is 22.5. The van der Waals surface area contributed by atoms with Crippen molar-refractivity contribution in [3.63, 3.8) is 0 Å². The average Bonchev–Trinajstić information content (AvgIpc) is 3.02. The Hall–Kier alpha value is -2.18. The molecule has 0 amide bonds. The second-order valence-corrected chi connectivity index (χ2v) is 11.3. The van der Waals surface area contributed by atoms with E-state index in [4.69, 9.17) is 27.9 Å². The molecule has 0 aromatic heterocycles. The quantitative estimate of drug-likeness (QED) is 0.503. The summed E-state index contributed by atoms with van der Waals surface area (Å²) in [7, 11) is 0. The van der Waals surface area contributed by atoms with Crippen LogP contribution >= 0.6 is 23.2 Å². The summed E-state index contributed by atoms with van der Waals surface area (Å²) in [6, 6.07) is 12.2. The number of fused-ring (bicyclic) bond motifs is 2. The molecule has 2 aromatic carbocycles.